The fourth-order valence-corrected chi connectivity index (χ4v) is 3.49. The molecule has 6 nitrogen and oxygen atoms in total. The Hall–Kier alpha value is -3.12. The molecule has 0 saturated carbocycles. The maximum Gasteiger partial charge on any atom is 0.262 e. The Balaban J connectivity index is 1.44. The third-order valence-electron chi connectivity index (χ3n) is 5.12. The number of hydrogen-bond donors (Lipinski definition) is 2. The third kappa shape index (κ3) is 4.66. The summed E-state index contributed by atoms with van der Waals surface area (Å²) in [5.74, 6) is 1.51. The van der Waals surface area contributed by atoms with Gasteiger partial charge in [-0.1, -0.05) is 17.7 Å². The van der Waals surface area contributed by atoms with E-state index in [-0.39, 0.29) is 12.5 Å². The van der Waals surface area contributed by atoms with Gasteiger partial charge in [0, 0.05) is 37.3 Å². The first-order valence-corrected chi connectivity index (χ1v) is 9.95. The van der Waals surface area contributed by atoms with Crippen molar-refractivity contribution in [3.63, 3.8) is 0 Å². The molecule has 2 heterocycles. The monoisotopic (exact) mass is 390 g/mol. The second-order valence-electron chi connectivity index (χ2n) is 7.42. The van der Waals surface area contributed by atoms with Crippen molar-refractivity contribution in [1.82, 2.24) is 10.3 Å². The molecule has 2 N–H and O–H groups in total. The van der Waals surface area contributed by atoms with Crippen LogP contribution in [0.3, 0.4) is 0 Å². The molecular formula is C23H26N4O2. The summed E-state index contributed by atoms with van der Waals surface area (Å²) >= 11 is 0. The fraction of sp³-hybridized carbons (Fsp3) is 0.304. The summed E-state index contributed by atoms with van der Waals surface area (Å²) in [5, 5.41) is 7.32. The summed E-state index contributed by atoms with van der Waals surface area (Å²) in [5.41, 5.74) is 3.99. The average molecular weight is 390 g/mol. The number of fused-ring (bicyclic) bond motifs is 1. The Labute approximate surface area is 170 Å². The van der Waals surface area contributed by atoms with Crippen LogP contribution >= 0.6 is 0 Å². The summed E-state index contributed by atoms with van der Waals surface area (Å²) in [6.45, 7) is 7.96. The molecule has 0 radical (unpaired) electrons. The summed E-state index contributed by atoms with van der Waals surface area (Å²) in [6.07, 6.45) is 0. The maximum absolute atomic E-state index is 12.3. The van der Waals surface area contributed by atoms with Gasteiger partial charge >= 0.3 is 0 Å². The van der Waals surface area contributed by atoms with E-state index in [9.17, 15) is 4.79 Å². The predicted molar refractivity (Wildman–Crippen MR) is 117 cm³/mol. The highest BCUT2D eigenvalue weighted by Crippen LogP contribution is 2.25. The fourth-order valence-electron chi connectivity index (χ4n) is 3.49. The van der Waals surface area contributed by atoms with Gasteiger partial charge in [-0.05, 0) is 55.8 Å². The Morgan fingerprint density at radius 3 is 2.62 bits per heavy atom. The molecule has 1 amide bonds. The van der Waals surface area contributed by atoms with E-state index in [4.69, 9.17) is 9.72 Å². The molecule has 2 aromatic carbocycles. The molecule has 1 aliphatic rings. The molecule has 4 rings (SSSR count). The lowest BCUT2D eigenvalue weighted by Gasteiger charge is -2.29. The van der Waals surface area contributed by atoms with Crippen LogP contribution in [0, 0.1) is 13.8 Å². The van der Waals surface area contributed by atoms with Crippen molar-refractivity contribution in [2.24, 2.45) is 0 Å². The minimum atomic E-state index is -0.187. The van der Waals surface area contributed by atoms with Crippen LogP contribution in [0.4, 0.5) is 11.5 Å². The van der Waals surface area contributed by atoms with Gasteiger partial charge in [0.05, 0.1) is 5.52 Å². The number of benzene rings is 2. The molecule has 0 spiro atoms. The molecule has 29 heavy (non-hydrogen) atoms. The molecule has 1 aromatic heterocycles. The normalized spacial score (nSPS) is 14.1. The van der Waals surface area contributed by atoms with Crippen LogP contribution in [0.25, 0.3) is 10.9 Å². The number of pyridine rings is 1. The quantitative estimate of drug-likeness (QED) is 0.700. The van der Waals surface area contributed by atoms with Gasteiger partial charge in [-0.3, -0.25) is 4.79 Å². The Morgan fingerprint density at radius 1 is 1.10 bits per heavy atom. The van der Waals surface area contributed by atoms with E-state index < -0.39 is 0 Å². The number of aromatic nitrogens is 1. The standard InChI is InChI=1S/C23H26N4O2/c1-16-3-6-19(7-4-16)29-15-23(28)25-18-5-8-21-20(14-18)17(2)13-22(26-21)27-11-9-24-10-12-27/h3-8,13-14,24H,9-12,15H2,1-2H3,(H,25,28). The summed E-state index contributed by atoms with van der Waals surface area (Å²) < 4.78 is 5.55. The SMILES string of the molecule is Cc1ccc(OCC(=O)Nc2ccc3nc(N4CCNCC4)cc(C)c3c2)cc1. The number of hydrogen-bond acceptors (Lipinski definition) is 5. The number of piperazine rings is 1. The van der Waals surface area contributed by atoms with Gasteiger partial charge < -0.3 is 20.3 Å². The summed E-state index contributed by atoms with van der Waals surface area (Å²) in [4.78, 5) is 19.4. The smallest absolute Gasteiger partial charge is 0.262 e. The summed E-state index contributed by atoms with van der Waals surface area (Å²) in [6, 6.07) is 15.6. The molecule has 0 aliphatic carbocycles. The Kier molecular flexibility index (Phi) is 5.62. The first-order chi connectivity index (χ1) is 14.1. The van der Waals surface area contributed by atoms with Crippen LogP contribution in [0.2, 0.25) is 0 Å². The molecule has 1 saturated heterocycles. The van der Waals surface area contributed by atoms with Crippen molar-refractivity contribution in [3.05, 3.63) is 59.7 Å². The highest BCUT2D eigenvalue weighted by Gasteiger charge is 2.14. The van der Waals surface area contributed by atoms with Crippen LogP contribution in [0.5, 0.6) is 5.75 Å². The lowest BCUT2D eigenvalue weighted by Crippen LogP contribution is -2.43. The van der Waals surface area contributed by atoms with Crippen LogP contribution in [0.1, 0.15) is 11.1 Å². The maximum atomic E-state index is 12.3. The van der Waals surface area contributed by atoms with Gasteiger partial charge in [0.2, 0.25) is 0 Å². The van der Waals surface area contributed by atoms with Gasteiger partial charge in [-0.25, -0.2) is 4.98 Å². The molecule has 0 bridgehead atoms. The van der Waals surface area contributed by atoms with Crippen molar-refractivity contribution < 1.29 is 9.53 Å². The molecule has 1 aliphatic heterocycles. The van der Waals surface area contributed by atoms with E-state index in [0.717, 1.165) is 59.7 Å². The second kappa shape index (κ2) is 8.49. The van der Waals surface area contributed by atoms with Gasteiger partial charge in [-0.2, -0.15) is 0 Å². The molecule has 0 unspecified atom stereocenters. The molecule has 1 fully saturated rings. The zero-order valence-electron chi connectivity index (χ0n) is 16.9. The molecular weight excluding hydrogens is 364 g/mol. The van der Waals surface area contributed by atoms with E-state index in [1.54, 1.807) is 0 Å². The zero-order valence-corrected chi connectivity index (χ0v) is 16.9. The number of carbonyl (C=O) groups excluding carboxylic acids is 1. The Bertz CT molecular complexity index is 1010. The minimum Gasteiger partial charge on any atom is -0.484 e. The lowest BCUT2D eigenvalue weighted by atomic mass is 10.1. The van der Waals surface area contributed by atoms with E-state index in [1.165, 1.54) is 0 Å². The molecule has 0 atom stereocenters. The van der Waals surface area contributed by atoms with E-state index in [0.29, 0.717) is 5.75 Å². The highest BCUT2D eigenvalue weighted by molar-refractivity contribution is 5.95. The number of nitrogens with one attached hydrogen (secondary N) is 2. The van der Waals surface area contributed by atoms with Crippen molar-refractivity contribution in [2.45, 2.75) is 13.8 Å². The van der Waals surface area contributed by atoms with Gasteiger partial charge in [0.25, 0.3) is 5.91 Å². The third-order valence-corrected chi connectivity index (χ3v) is 5.12. The molecule has 3 aromatic rings. The highest BCUT2D eigenvalue weighted by atomic mass is 16.5. The van der Waals surface area contributed by atoms with Crippen LogP contribution < -0.4 is 20.3 Å². The lowest BCUT2D eigenvalue weighted by molar-refractivity contribution is -0.118. The topological polar surface area (TPSA) is 66.5 Å². The average Bonchev–Trinajstić information content (AvgIpc) is 2.74. The van der Waals surface area contributed by atoms with Crippen LogP contribution in [-0.2, 0) is 4.79 Å². The number of amides is 1. The molecule has 6 heteroatoms. The Morgan fingerprint density at radius 2 is 1.86 bits per heavy atom. The number of aryl methyl sites for hydroxylation is 2. The first kappa shape index (κ1) is 19.2. The number of nitrogens with zero attached hydrogens (tertiary/aromatic N) is 2. The largest absolute Gasteiger partial charge is 0.484 e. The van der Waals surface area contributed by atoms with Crippen LogP contribution in [-0.4, -0.2) is 43.7 Å². The van der Waals surface area contributed by atoms with Crippen molar-refractivity contribution in [2.75, 3.05) is 43.0 Å². The van der Waals surface area contributed by atoms with Crippen LogP contribution in [0.15, 0.2) is 48.5 Å². The van der Waals surface area contributed by atoms with E-state index >= 15 is 0 Å². The van der Waals surface area contributed by atoms with E-state index in [1.807, 2.05) is 49.4 Å². The zero-order chi connectivity index (χ0) is 20.2. The number of anilines is 2. The van der Waals surface area contributed by atoms with Gasteiger partial charge in [0.15, 0.2) is 6.61 Å². The van der Waals surface area contributed by atoms with Crippen molar-refractivity contribution in [3.8, 4) is 5.75 Å². The van der Waals surface area contributed by atoms with Crippen molar-refractivity contribution in [1.29, 1.82) is 0 Å². The summed E-state index contributed by atoms with van der Waals surface area (Å²) in [7, 11) is 0. The predicted octanol–water partition coefficient (Wildman–Crippen LogP) is 3.28. The molecule has 150 valence electrons. The van der Waals surface area contributed by atoms with Crippen molar-refractivity contribution >= 4 is 28.3 Å². The van der Waals surface area contributed by atoms with E-state index in [2.05, 4.69) is 28.5 Å². The number of carbonyl (C=O) groups is 1. The number of rotatable bonds is 5. The van der Waals surface area contributed by atoms with Gasteiger partial charge in [0.1, 0.15) is 11.6 Å². The number of ether oxygens (including phenoxy) is 1. The second-order valence-corrected chi connectivity index (χ2v) is 7.42. The minimum absolute atomic E-state index is 0.0275. The first-order valence-electron chi connectivity index (χ1n) is 9.95. The van der Waals surface area contributed by atoms with Gasteiger partial charge in [-0.15, -0.1) is 0 Å².